The van der Waals surface area contributed by atoms with E-state index in [4.69, 9.17) is 11.6 Å². The summed E-state index contributed by atoms with van der Waals surface area (Å²) in [5, 5.41) is 4.54. The Bertz CT molecular complexity index is 509. The summed E-state index contributed by atoms with van der Waals surface area (Å²) in [6, 6.07) is 6.70. The minimum absolute atomic E-state index is 0.368. The van der Waals surface area contributed by atoms with Crippen molar-refractivity contribution in [2.45, 2.75) is 46.1 Å². The van der Waals surface area contributed by atoms with Crippen LogP contribution in [0.25, 0.3) is 0 Å². The van der Waals surface area contributed by atoms with Crippen molar-refractivity contribution in [3.05, 3.63) is 27.7 Å². The number of rotatable bonds is 2. The predicted octanol–water partition coefficient (Wildman–Crippen LogP) is 5.73. The molecule has 2 bridgehead atoms. The van der Waals surface area contributed by atoms with Gasteiger partial charge in [-0.05, 0) is 70.1 Å². The second-order valence-corrected chi connectivity index (χ2v) is 8.38. The van der Waals surface area contributed by atoms with Crippen molar-refractivity contribution >= 4 is 33.2 Å². The minimum Gasteiger partial charge on any atom is -0.381 e. The zero-order chi connectivity index (χ0) is 13.8. The second kappa shape index (κ2) is 4.39. The van der Waals surface area contributed by atoms with Gasteiger partial charge in [0.1, 0.15) is 0 Å². The summed E-state index contributed by atoms with van der Waals surface area (Å²) in [7, 11) is 0. The molecule has 19 heavy (non-hydrogen) atoms. The summed E-state index contributed by atoms with van der Waals surface area (Å²) in [5.74, 6) is 0.862. The maximum Gasteiger partial charge on any atom is 0.0568 e. The lowest BCUT2D eigenvalue weighted by atomic mass is 9.68. The van der Waals surface area contributed by atoms with Gasteiger partial charge in [-0.1, -0.05) is 32.4 Å². The minimum atomic E-state index is 0.368. The second-order valence-electron chi connectivity index (χ2n) is 7.12. The van der Waals surface area contributed by atoms with Gasteiger partial charge in [-0.2, -0.15) is 0 Å². The van der Waals surface area contributed by atoms with E-state index < -0.39 is 0 Å². The molecule has 0 spiro atoms. The molecule has 3 heteroatoms. The molecular formula is C16H21BrClN. The number of fused-ring (bicyclic) bond motifs is 2. The molecule has 0 radical (unpaired) electrons. The van der Waals surface area contributed by atoms with E-state index in [-0.39, 0.29) is 0 Å². The molecule has 2 aliphatic rings. The average molecular weight is 343 g/mol. The van der Waals surface area contributed by atoms with E-state index in [2.05, 4.69) is 48.1 Å². The quantitative estimate of drug-likeness (QED) is 0.723. The molecule has 2 saturated carbocycles. The maximum absolute atomic E-state index is 6.20. The highest BCUT2D eigenvalue weighted by Crippen LogP contribution is 2.63. The summed E-state index contributed by atoms with van der Waals surface area (Å²) >= 11 is 9.65. The molecule has 0 heterocycles. The average Bonchev–Trinajstić information content (AvgIpc) is 2.80. The Morgan fingerprint density at radius 1 is 1.32 bits per heavy atom. The van der Waals surface area contributed by atoms with Crippen LogP contribution in [-0.2, 0) is 0 Å². The highest BCUT2D eigenvalue weighted by atomic mass is 79.9. The first kappa shape index (κ1) is 13.8. The number of benzene rings is 1. The fraction of sp³-hybridized carbons (Fsp3) is 0.625. The largest absolute Gasteiger partial charge is 0.381 e. The zero-order valence-corrected chi connectivity index (χ0v) is 14.1. The molecule has 0 aliphatic heterocycles. The van der Waals surface area contributed by atoms with Crippen molar-refractivity contribution in [2.75, 3.05) is 5.32 Å². The molecule has 1 aromatic rings. The van der Waals surface area contributed by atoms with Crippen LogP contribution in [-0.4, -0.2) is 6.04 Å². The van der Waals surface area contributed by atoms with Gasteiger partial charge < -0.3 is 5.32 Å². The Balaban J connectivity index is 1.88. The van der Waals surface area contributed by atoms with Crippen molar-refractivity contribution in [3.8, 4) is 0 Å². The Hall–Kier alpha value is -0.210. The van der Waals surface area contributed by atoms with E-state index in [9.17, 15) is 0 Å². The van der Waals surface area contributed by atoms with E-state index in [1.807, 2.05) is 12.1 Å². The van der Waals surface area contributed by atoms with Crippen LogP contribution < -0.4 is 5.32 Å². The molecule has 1 aromatic carbocycles. The van der Waals surface area contributed by atoms with Crippen molar-refractivity contribution in [1.82, 2.24) is 0 Å². The van der Waals surface area contributed by atoms with Gasteiger partial charge in [-0.15, -0.1) is 0 Å². The summed E-state index contributed by atoms with van der Waals surface area (Å²) in [4.78, 5) is 0. The fourth-order valence-corrected chi connectivity index (χ4v) is 4.84. The van der Waals surface area contributed by atoms with Crippen LogP contribution in [0.1, 0.15) is 40.0 Å². The van der Waals surface area contributed by atoms with Gasteiger partial charge >= 0.3 is 0 Å². The summed E-state index contributed by atoms with van der Waals surface area (Å²) < 4.78 is 0.957. The number of hydrogen-bond acceptors (Lipinski definition) is 1. The van der Waals surface area contributed by atoms with Crippen LogP contribution in [0.2, 0.25) is 5.02 Å². The van der Waals surface area contributed by atoms with Gasteiger partial charge in [0, 0.05) is 16.2 Å². The Morgan fingerprint density at radius 3 is 2.63 bits per heavy atom. The van der Waals surface area contributed by atoms with Gasteiger partial charge in [0.15, 0.2) is 0 Å². The third-order valence-electron chi connectivity index (χ3n) is 5.50. The monoisotopic (exact) mass is 341 g/mol. The summed E-state index contributed by atoms with van der Waals surface area (Å²) in [5.41, 5.74) is 1.94. The van der Waals surface area contributed by atoms with Crippen molar-refractivity contribution in [3.63, 3.8) is 0 Å². The standard InChI is InChI=1S/C16H21BrClN/c1-15(2)10-6-7-16(3,9-10)14(15)19-11-4-5-12(17)13(18)8-11/h4-5,8,10,14,19H,6-7,9H2,1-3H3. The van der Waals surface area contributed by atoms with Gasteiger partial charge in [0.2, 0.25) is 0 Å². The Labute approximate surface area is 129 Å². The molecule has 2 aliphatic carbocycles. The molecule has 3 rings (SSSR count). The van der Waals surface area contributed by atoms with Gasteiger partial charge in [-0.25, -0.2) is 0 Å². The molecular weight excluding hydrogens is 322 g/mol. The molecule has 3 unspecified atom stereocenters. The third kappa shape index (κ3) is 2.12. The Morgan fingerprint density at radius 2 is 2.05 bits per heavy atom. The summed E-state index contributed by atoms with van der Waals surface area (Å²) in [6.45, 7) is 7.28. The van der Waals surface area contributed by atoms with Crippen molar-refractivity contribution < 1.29 is 0 Å². The van der Waals surface area contributed by atoms with Crippen LogP contribution in [0, 0.1) is 16.7 Å². The SMILES string of the molecule is CC12CCC(C1)C(C)(C)C2Nc1ccc(Br)c(Cl)c1. The lowest BCUT2D eigenvalue weighted by Gasteiger charge is -2.43. The third-order valence-corrected chi connectivity index (χ3v) is 6.73. The lowest BCUT2D eigenvalue weighted by Crippen LogP contribution is -2.45. The van der Waals surface area contributed by atoms with Crippen molar-refractivity contribution in [2.24, 2.45) is 16.7 Å². The fourth-order valence-electron chi connectivity index (χ4n) is 4.41. The normalized spacial score (nSPS) is 35.6. The predicted molar refractivity (Wildman–Crippen MR) is 85.8 cm³/mol. The highest BCUT2D eigenvalue weighted by molar-refractivity contribution is 9.10. The first-order valence-corrected chi connectivity index (χ1v) is 8.22. The lowest BCUT2D eigenvalue weighted by molar-refractivity contribution is 0.155. The van der Waals surface area contributed by atoms with Crippen LogP contribution in [0.15, 0.2) is 22.7 Å². The van der Waals surface area contributed by atoms with E-state index in [1.165, 1.54) is 19.3 Å². The van der Waals surface area contributed by atoms with Crippen LogP contribution in [0.3, 0.4) is 0 Å². The molecule has 1 N–H and O–H groups in total. The van der Waals surface area contributed by atoms with E-state index in [1.54, 1.807) is 0 Å². The molecule has 0 aromatic heterocycles. The first-order chi connectivity index (χ1) is 8.83. The maximum atomic E-state index is 6.20. The van der Waals surface area contributed by atoms with E-state index >= 15 is 0 Å². The van der Waals surface area contributed by atoms with Gasteiger partial charge in [0.05, 0.1) is 5.02 Å². The smallest absolute Gasteiger partial charge is 0.0568 e. The number of hydrogen-bond donors (Lipinski definition) is 1. The molecule has 0 saturated heterocycles. The molecule has 2 fully saturated rings. The van der Waals surface area contributed by atoms with Crippen LogP contribution >= 0.6 is 27.5 Å². The topological polar surface area (TPSA) is 12.0 Å². The molecule has 1 nitrogen and oxygen atoms in total. The highest BCUT2D eigenvalue weighted by Gasteiger charge is 2.59. The Kier molecular flexibility index (Phi) is 3.18. The number of nitrogens with one attached hydrogen (secondary N) is 1. The van der Waals surface area contributed by atoms with Crippen LogP contribution in [0.5, 0.6) is 0 Å². The van der Waals surface area contributed by atoms with Gasteiger partial charge in [0.25, 0.3) is 0 Å². The first-order valence-electron chi connectivity index (χ1n) is 7.04. The summed E-state index contributed by atoms with van der Waals surface area (Å²) in [6.07, 6.45) is 4.10. The van der Waals surface area contributed by atoms with Gasteiger partial charge in [-0.3, -0.25) is 0 Å². The zero-order valence-electron chi connectivity index (χ0n) is 11.8. The number of halogens is 2. The van der Waals surface area contributed by atoms with E-state index in [0.29, 0.717) is 16.9 Å². The molecule has 0 amide bonds. The molecule has 3 atom stereocenters. The molecule has 104 valence electrons. The van der Waals surface area contributed by atoms with Crippen LogP contribution in [0.4, 0.5) is 5.69 Å². The number of anilines is 1. The van der Waals surface area contributed by atoms with E-state index in [0.717, 1.165) is 21.1 Å². The van der Waals surface area contributed by atoms with Crippen molar-refractivity contribution in [1.29, 1.82) is 0 Å².